The third-order valence-electron chi connectivity index (χ3n) is 2.68. The van der Waals surface area contributed by atoms with E-state index in [1.807, 2.05) is 13.0 Å². The first-order chi connectivity index (χ1) is 8.56. The van der Waals surface area contributed by atoms with Crippen molar-refractivity contribution in [3.8, 4) is 0 Å². The van der Waals surface area contributed by atoms with Crippen molar-refractivity contribution in [1.29, 1.82) is 0 Å². The van der Waals surface area contributed by atoms with Gasteiger partial charge in [0, 0.05) is 23.1 Å². The number of carbonyl (C=O) groups excluding carboxylic acids is 2. The molecule has 0 spiro atoms. The van der Waals surface area contributed by atoms with E-state index in [1.165, 1.54) is 0 Å². The molecule has 18 heavy (non-hydrogen) atoms. The summed E-state index contributed by atoms with van der Waals surface area (Å²) in [6, 6.07) is 7.08. The molecule has 1 atom stereocenters. The van der Waals surface area contributed by atoms with E-state index >= 15 is 0 Å². The van der Waals surface area contributed by atoms with Crippen molar-refractivity contribution in [2.45, 2.75) is 20.3 Å². The van der Waals surface area contributed by atoms with Gasteiger partial charge in [0.25, 0.3) is 0 Å². The summed E-state index contributed by atoms with van der Waals surface area (Å²) in [4.78, 5) is 23.9. The molecule has 3 nitrogen and oxygen atoms in total. The van der Waals surface area contributed by atoms with Crippen molar-refractivity contribution in [1.82, 2.24) is 0 Å². The first kappa shape index (κ1) is 15.1. The van der Waals surface area contributed by atoms with Crippen molar-refractivity contribution >= 4 is 27.5 Å². The van der Waals surface area contributed by atoms with Gasteiger partial charge in [0.2, 0.25) is 0 Å². The summed E-state index contributed by atoms with van der Waals surface area (Å²) in [5.74, 6) is -0.828. The molecule has 0 aliphatic heterocycles. The largest absolute Gasteiger partial charge is 0.381 e. The molecule has 98 valence electrons. The lowest BCUT2D eigenvalue weighted by atomic mass is 9.94. The second-order valence-electron chi connectivity index (χ2n) is 4.01. The van der Waals surface area contributed by atoms with Gasteiger partial charge in [-0.1, -0.05) is 28.1 Å². The van der Waals surface area contributed by atoms with Crippen molar-refractivity contribution in [2.24, 2.45) is 5.92 Å². The third kappa shape index (κ3) is 4.35. The Morgan fingerprint density at radius 2 is 2.11 bits per heavy atom. The molecule has 1 unspecified atom stereocenters. The van der Waals surface area contributed by atoms with Crippen molar-refractivity contribution in [2.75, 3.05) is 13.2 Å². The highest BCUT2D eigenvalue weighted by Crippen LogP contribution is 2.16. The number of rotatable bonds is 7. The zero-order valence-electron chi connectivity index (χ0n) is 10.6. The Morgan fingerprint density at radius 1 is 1.39 bits per heavy atom. The maximum Gasteiger partial charge on any atom is 0.173 e. The van der Waals surface area contributed by atoms with Gasteiger partial charge in [-0.05, 0) is 26.0 Å². The molecule has 0 aliphatic carbocycles. The standard InChI is InChI=1S/C14H17BrO3/c1-3-18-8-7-13(16)10(2)14(17)11-5-4-6-12(15)9-11/h4-6,9-10H,3,7-8H2,1-2H3. The number of hydrogen-bond donors (Lipinski definition) is 0. The Bertz CT molecular complexity index is 429. The molecule has 0 fully saturated rings. The number of ether oxygens (including phenoxy) is 1. The van der Waals surface area contributed by atoms with Crippen LogP contribution in [0.5, 0.6) is 0 Å². The zero-order chi connectivity index (χ0) is 13.5. The highest BCUT2D eigenvalue weighted by atomic mass is 79.9. The number of carbonyl (C=O) groups is 2. The highest BCUT2D eigenvalue weighted by molar-refractivity contribution is 9.10. The molecule has 1 aromatic rings. The van der Waals surface area contributed by atoms with Crippen molar-refractivity contribution < 1.29 is 14.3 Å². The summed E-state index contributed by atoms with van der Waals surface area (Å²) in [7, 11) is 0. The summed E-state index contributed by atoms with van der Waals surface area (Å²) < 4.78 is 5.95. The highest BCUT2D eigenvalue weighted by Gasteiger charge is 2.22. The maximum absolute atomic E-state index is 12.1. The van der Waals surface area contributed by atoms with E-state index in [1.54, 1.807) is 25.1 Å². The Balaban J connectivity index is 2.63. The lowest BCUT2D eigenvalue weighted by molar-refractivity contribution is -0.122. The molecular formula is C14H17BrO3. The molecule has 0 amide bonds. The molecule has 0 bridgehead atoms. The smallest absolute Gasteiger partial charge is 0.173 e. The van der Waals surface area contributed by atoms with E-state index in [0.717, 1.165) is 4.47 Å². The van der Waals surface area contributed by atoms with Crippen LogP contribution in [0, 0.1) is 5.92 Å². The van der Waals surface area contributed by atoms with Crippen LogP contribution in [0.15, 0.2) is 28.7 Å². The van der Waals surface area contributed by atoms with Crippen LogP contribution in [0.1, 0.15) is 30.6 Å². The normalized spacial score (nSPS) is 12.2. The lowest BCUT2D eigenvalue weighted by Crippen LogP contribution is -2.22. The van der Waals surface area contributed by atoms with E-state index in [0.29, 0.717) is 18.8 Å². The van der Waals surface area contributed by atoms with Gasteiger partial charge in [-0.2, -0.15) is 0 Å². The summed E-state index contributed by atoms with van der Waals surface area (Å²) in [5.41, 5.74) is 0.557. The van der Waals surface area contributed by atoms with E-state index in [4.69, 9.17) is 4.74 Å². The number of Topliss-reactive ketones (excluding diaryl/α,β-unsaturated/α-hetero) is 2. The van der Waals surface area contributed by atoms with Gasteiger partial charge in [-0.15, -0.1) is 0 Å². The van der Waals surface area contributed by atoms with Crippen LogP contribution in [-0.2, 0) is 9.53 Å². The second kappa shape index (κ2) is 7.44. The molecule has 0 aliphatic rings. The molecule has 0 saturated heterocycles. The summed E-state index contributed by atoms with van der Waals surface area (Å²) in [5, 5.41) is 0. The van der Waals surface area contributed by atoms with Crippen LogP contribution in [-0.4, -0.2) is 24.8 Å². The Kier molecular flexibility index (Phi) is 6.22. The summed E-state index contributed by atoms with van der Waals surface area (Å²) in [6.07, 6.45) is 0.286. The molecule has 0 radical (unpaired) electrons. The van der Waals surface area contributed by atoms with Gasteiger partial charge in [0.05, 0.1) is 12.5 Å². The van der Waals surface area contributed by atoms with E-state index < -0.39 is 5.92 Å². The molecule has 0 aromatic heterocycles. The maximum atomic E-state index is 12.1. The van der Waals surface area contributed by atoms with Crippen LogP contribution in [0.4, 0.5) is 0 Å². The lowest BCUT2D eigenvalue weighted by Gasteiger charge is -2.09. The Labute approximate surface area is 116 Å². The average Bonchev–Trinajstić information content (AvgIpc) is 2.37. The summed E-state index contributed by atoms with van der Waals surface area (Å²) >= 11 is 3.31. The molecule has 1 rings (SSSR count). The molecule has 0 heterocycles. The van der Waals surface area contributed by atoms with E-state index in [2.05, 4.69) is 15.9 Å². The Morgan fingerprint density at radius 3 is 2.72 bits per heavy atom. The van der Waals surface area contributed by atoms with Crippen LogP contribution in [0.2, 0.25) is 0 Å². The van der Waals surface area contributed by atoms with Crippen molar-refractivity contribution in [3.05, 3.63) is 34.3 Å². The van der Waals surface area contributed by atoms with E-state index in [-0.39, 0.29) is 18.0 Å². The van der Waals surface area contributed by atoms with Gasteiger partial charge < -0.3 is 4.74 Å². The minimum Gasteiger partial charge on any atom is -0.381 e. The predicted octanol–water partition coefficient (Wildman–Crippen LogP) is 3.26. The van der Waals surface area contributed by atoms with Crippen LogP contribution in [0.3, 0.4) is 0 Å². The van der Waals surface area contributed by atoms with Gasteiger partial charge >= 0.3 is 0 Å². The van der Waals surface area contributed by atoms with Crippen LogP contribution >= 0.6 is 15.9 Å². The Hall–Kier alpha value is -1.000. The number of halogens is 1. The monoisotopic (exact) mass is 312 g/mol. The van der Waals surface area contributed by atoms with Crippen LogP contribution in [0.25, 0.3) is 0 Å². The average molecular weight is 313 g/mol. The minimum absolute atomic E-state index is 0.0755. The van der Waals surface area contributed by atoms with Crippen molar-refractivity contribution in [3.63, 3.8) is 0 Å². The van der Waals surface area contributed by atoms with Gasteiger partial charge in [0.15, 0.2) is 5.78 Å². The predicted molar refractivity (Wildman–Crippen MR) is 73.8 cm³/mol. The SMILES string of the molecule is CCOCCC(=O)C(C)C(=O)c1cccc(Br)c1. The molecule has 0 N–H and O–H groups in total. The number of hydrogen-bond acceptors (Lipinski definition) is 3. The quantitative estimate of drug-likeness (QED) is 0.441. The fourth-order valence-corrected chi connectivity index (χ4v) is 1.97. The summed E-state index contributed by atoms with van der Waals surface area (Å²) in [6.45, 7) is 4.49. The fraction of sp³-hybridized carbons (Fsp3) is 0.429. The minimum atomic E-state index is -0.611. The number of ketones is 2. The number of benzene rings is 1. The van der Waals surface area contributed by atoms with Crippen LogP contribution < -0.4 is 0 Å². The zero-order valence-corrected chi connectivity index (χ0v) is 12.2. The molecule has 1 aromatic carbocycles. The first-order valence-corrected chi connectivity index (χ1v) is 6.75. The fourth-order valence-electron chi connectivity index (χ4n) is 1.57. The second-order valence-corrected chi connectivity index (χ2v) is 4.93. The topological polar surface area (TPSA) is 43.4 Å². The van der Waals surface area contributed by atoms with Gasteiger partial charge in [-0.25, -0.2) is 0 Å². The third-order valence-corrected chi connectivity index (χ3v) is 3.18. The molecular weight excluding hydrogens is 296 g/mol. The molecule has 0 saturated carbocycles. The van der Waals surface area contributed by atoms with E-state index in [9.17, 15) is 9.59 Å². The van der Waals surface area contributed by atoms with Gasteiger partial charge in [-0.3, -0.25) is 9.59 Å². The first-order valence-electron chi connectivity index (χ1n) is 5.96. The molecule has 4 heteroatoms. The van der Waals surface area contributed by atoms with Gasteiger partial charge in [0.1, 0.15) is 5.78 Å².